The van der Waals surface area contributed by atoms with Crippen molar-refractivity contribution in [2.24, 2.45) is 5.73 Å². The molecule has 1 atom stereocenters. The Balaban J connectivity index is 2.58. The molecule has 1 aromatic rings. The number of hydrogen-bond acceptors (Lipinski definition) is 3. The SMILES string of the molecule is CC(C)(C)n1nc(C(=O)O)c2c1CCCC2CCN. The van der Waals surface area contributed by atoms with Gasteiger partial charge in [-0.15, -0.1) is 0 Å². The van der Waals surface area contributed by atoms with Crippen LogP contribution >= 0.6 is 0 Å². The van der Waals surface area contributed by atoms with Gasteiger partial charge in [0.25, 0.3) is 0 Å². The number of aromatic carboxylic acids is 1. The Morgan fingerprint density at radius 1 is 1.53 bits per heavy atom. The molecule has 0 aliphatic heterocycles. The molecule has 1 aliphatic rings. The van der Waals surface area contributed by atoms with Crippen molar-refractivity contribution in [1.29, 1.82) is 0 Å². The smallest absolute Gasteiger partial charge is 0.356 e. The van der Waals surface area contributed by atoms with Crippen molar-refractivity contribution in [3.8, 4) is 0 Å². The topological polar surface area (TPSA) is 81.1 Å². The van der Waals surface area contributed by atoms with Crippen LogP contribution in [-0.2, 0) is 12.0 Å². The molecule has 3 N–H and O–H groups in total. The van der Waals surface area contributed by atoms with E-state index in [2.05, 4.69) is 25.9 Å². The number of carboxylic acid groups (broad SMARTS) is 1. The molecule has 19 heavy (non-hydrogen) atoms. The molecule has 0 spiro atoms. The van der Waals surface area contributed by atoms with Crippen LogP contribution in [0.5, 0.6) is 0 Å². The highest BCUT2D eigenvalue weighted by molar-refractivity contribution is 5.87. The monoisotopic (exact) mass is 265 g/mol. The number of carbonyl (C=O) groups is 1. The first-order valence-corrected chi connectivity index (χ1v) is 6.92. The number of fused-ring (bicyclic) bond motifs is 1. The van der Waals surface area contributed by atoms with Gasteiger partial charge in [0.2, 0.25) is 0 Å². The summed E-state index contributed by atoms with van der Waals surface area (Å²) in [5.41, 5.74) is 7.72. The third-order valence-electron chi connectivity index (χ3n) is 3.75. The zero-order valence-electron chi connectivity index (χ0n) is 11.9. The number of carboxylic acids is 1. The van der Waals surface area contributed by atoms with Crippen molar-refractivity contribution in [2.75, 3.05) is 6.54 Å². The Morgan fingerprint density at radius 2 is 2.21 bits per heavy atom. The second-order valence-corrected chi connectivity index (χ2v) is 6.26. The molecule has 0 fully saturated rings. The maximum absolute atomic E-state index is 11.5. The van der Waals surface area contributed by atoms with Crippen LogP contribution in [0.15, 0.2) is 0 Å². The van der Waals surface area contributed by atoms with Gasteiger partial charge in [-0.3, -0.25) is 4.68 Å². The summed E-state index contributed by atoms with van der Waals surface area (Å²) in [6.45, 7) is 6.75. The fourth-order valence-electron chi connectivity index (χ4n) is 3.00. The van der Waals surface area contributed by atoms with E-state index in [9.17, 15) is 9.90 Å². The fourth-order valence-corrected chi connectivity index (χ4v) is 3.00. The summed E-state index contributed by atoms with van der Waals surface area (Å²) in [5, 5.41) is 13.8. The number of hydrogen-bond donors (Lipinski definition) is 2. The van der Waals surface area contributed by atoms with Gasteiger partial charge in [-0.25, -0.2) is 4.79 Å². The summed E-state index contributed by atoms with van der Waals surface area (Å²) in [6, 6.07) is 0. The van der Waals surface area contributed by atoms with Crippen molar-refractivity contribution >= 4 is 5.97 Å². The summed E-state index contributed by atoms with van der Waals surface area (Å²) in [4.78, 5) is 11.5. The van der Waals surface area contributed by atoms with Gasteiger partial charge in [0.05, 0.1) is 5.54 Å². The van der Waals surface area contributed by atoms with Crippen molar-refractivity contribution in [3.05, 3.63) is 17.0 Å². The van der Waals surface area contributed by atoms with E-state index in [-0.39, 0.29) is 17.2 Å². The van der Waals surface area contributed by atoms with Crippen molar-refractivity contribution in [1.82, 2.24) is 9.78 Å². The Morgan fingerprint density at radius 3 is 2.74 bits per heavy atom. The molecule has 0 aromatic carbocycles. The Hall–Kier alpha value is -1.36. The van der Waals surface area contributed by atoms with Crippen LogP contribution < -0.4 is 5.73 Å². The molecule has 2 rings (SSSR count). The summed E-state index contributed by atoms with van der Waals surface area (Å²) in [7, 11) is 0. The zero-order valence-corrected chi connectivity index (χ0v) is 11.9. The fraction of sp³-hybridized carbons (Fsp3) is 0.714. The normalized spacial score (nSPS) is 19.3. The van der Waals surface area contributed by atoms with Crippen LogP contribution in [-0.4, -0.2) is 27.4 Å². The molecule has 5 heteroatoms. The maximum atomic E-state index is 11.5. The Labute approximate surface area is 113 Å². The van der Waals surface area contributed by atoms with Crippen LogP contribution in [0.25, 0.3) is 0 Å². The standard InChI is InChI=1S/C14H23N3O2/c1-14(2,3)17-10-6-4-5-9(7-8-15)11(10)12(16-17)13(18)19/h9H,4-8,15H2,1-3H3,(H,18,19). The van der Waals surface area contributed by atoms with E-state index in [0.29, 0.717) is 6.54 Å². The molecule has 1 unspecified atom stereocenters. The first-order valence-electron chi connectivity index (χ1n) is 6.92. The van der Waals surface area contributed by atoms with E-state index < -0.39 is 5.97 Å². The van der Waals surface area contributed by atoms with E-state index in [1.165, 1.54) is 0 Å². The molecule has 5 nitrogen and oxygen atoms in total. The molecule has 0 amide bonds. The molecule has 106 valence electrons. The first kappa shape index (κ1) is 14.1. The van der Waals surface area contributed by atoms with Crippen LogP contribution in [0.2, 0.25) is 0 Å². The average molecular weight is 265 g/mol. The van der Waals surface area contributed by atoms with Gasteiger partial charge >= 0.3 is 5.97 Å². The number of aromatic nitrogens is 2. The summed E-state index contributed by atoms with van der Waals surface area (Å²) >= 11 is 0. The third kappa shape index (κ3) is 2.52. The van der Waals surface area contributed by atoms with Gasteiger partial charge < -0.3 is 10.8 Å². The highest BCUT2D eigenvalue weighted by Gasteiger charge is 2.33. The lowest BCUT2D eigenvalue weighted by atomic mass is 9.83. The molecule has 0 saturated heterocycles. The second-order valence-electron chi connectivity index (χ2n) is 6.26. The minimum Gasteiger partial charge on any atom is -0.476 e. The van der Waals surface area contributed by atoms with Crippen LogP contribution in [0.1, 0.15) is 67.7 Å². The van der Waals surface area contributed by atoms with Gasteiger partial charge in [-0.05, 0) is 58.9 Å². The zero-order chi connectivity index (χ0) is 14.2. The lowest BCUT2D eigenvalue weighted by molar-refractivity contribution is 0.0686. The Kier molecular flexibility index (Phi) is 3.67. The number of nitrogens with zero attached hydrogens (tertiary/aromatic N) is 2. The van der Waals surface area contributed by atoms with Crippen molar-refractivity contribution < 1.29 is 9.90 Å². The van der Waals surface area contributed by atoms with Crippen LogP contribution in [0.3, 0.4) is 0 Å². The van der Waals surface area contributed by atoms with E-state index in [1.807, 2.05) is 4.68 Å². The number of nitrogens with two attached hydrogens (primary N) is 1. The van der Waals surface area contributed by atoms with Crippen LogP contribution in [0, 0.1) is 0 Å². The third-order valence-corrected chi connectivity index (χ3v) is 3.75. The van der Waals surface area contributed by atoms with E-state index in [4.69, 9.17) is 5.73 Å². The predicted molar refractivity (Wildman–Crippen MR) is 73.5 cm³/mol. The Bertz CT molecular complexity index is 486. The van der Waals surface area contributed by atoms with Crippen molar-refractivity contribution in [2.45, 2.75) is 57.9 Å². The molecule has 1 aromatic heterocycles. The lowest BCUT2D eigenvalue weighted by Gasteiger charge is -2.27. The molecule has 0 radical (unpaired) electrons. The average Bonchev–Trinajstić information content (AvgIpc) is 2.69. The van der Waals surface area contributed by atoms with Crippen molar-refractivity contribution in [3.63, 3.8) is 0 Å². The summed E-state index contributed by atoms with van der Waals surface area (Å²) in [6.07, 6.45) is 3.84. The molecule has 1 heterocycles. The maximum Gasteiger partial charge on any atom is 0.356 e. The van der Waals surface area contributed by atoms with Gasteiger partial charge in [0, 0.05) is 11.3 Å². The summed E-state index contributed by atoms with van der Waals surface area (Å²) < 4.78 is 1.90. The van der Waals surface area contributed by atoms with E-state index in [1.54, 1.807) is 0 Å². The number of rotatable bonds is 3. The van der Waals surface area contributed by atoms with Gasteiger partial charge in [-0.1, -0.05) is 0 Å². The first-order chi connectivity index (χ1) is 8.86. The largest absolute Gasteiger partial charge is 0.476 e. The van der Waals surface area contributed by atoms with Gasteiger partial charge in [0.1, 0.15) is 0 Å². The van der Waals surface area contributed by atoms with E-state index in [0.717, 1.165) is 36.9 Å². The highest BCUT2D eigenvalue weighted by Crippen LogP contribution is 2.37. The molecular weight excluding hydrogens is 242 g/mol. The molecular formula is C14H23N3O2. The van der Waals surface area contributed by atoms with E-state index >= 15 is 0 Å². The highest BCUT2D eigenvalue weighted by atomic mass is 16.4. The molecule has 0 saturated carbocycles. The minimum atomic E-state index is -0.928. The minimum absolute atomic E-state index is 0.192. The molecule has 1 aliphatic carbocycles. The van der Waals surface area contributed by atoms with Gasteiger partial charge in [0.15, 0.2) is 5.69 Å². The molecule has 0 bridgehead atoms. The second kappa shape index (κ2) is 4.96. The quantitative estimate of drug-likeness (QED) is 0.877. The van der Waals surface area contributed by atoms with Gasteiger partial charge in [-0.2, -0.15) is 5.10 Å². The van der Waals surface area contributed by atoms with Crippen LogP contribution in [0.4, 0.5) is 0 Å². The summed E-state index contributed by atoms with van der Waals surface area (Å²) in [5.74, 6) is -0.681. The predicted octanol–water partition coefficient (Wildman–Crippen LogP) is 2.10. The lowest BCUT2D eigenvalue weighted by Crippen LogP contribution is -2.27.